The van der Waals surface area contributed by atoms with Crippen LogP contribution in [0.15, 0.2) is 18.3 Å². The Bertz CT molecular complexity index is 458. The number of aromatic nitrogens is 1. The Morgan fingerprint density at radius 3 is 2.88 bits per heavy atom. The van der Waals surface area contributed by atoms with E-state index in [0.29, 0.717) is 5.92 Å². The van der Waals surface area contributed by atoms with Crippen molar-refractivity contribution in [3.63, 3.8) is 0 Å². The van der Waals surface area contributed by atoms with Crippen LogP contribution in [0, 0.1) is 5.92 Å². The Hall–Kier alpha value is -0.800. The molecule has 2 bridgehead atoms. The molecule has 0 radical (unpaired) electrons. The molecule has 0 aliphatic carbocycles. The fourth-order valence-corrected chi connectivity index (χ4v) is 4.10. The molecule has 0 N–H and O–H groups in total. The summed E-state index contributed by atoms with van der Waals surface area (Å²) in [6.07, 6.45) is 4.19. The van der Waals surface area contributed by atoms with Crippen LogP contribution in [0.2, 0.25) is 0 Å². The van der Waals surface area contributed by atoms with E-state index in [2.05, 4.69) is 9.88 Å². The molecule has 0 amide bonds. The van der Waals surface area contributed by atoms with Crippen molar-refractivity contribution in [2.75, 3.05) is 19.6 Å². The first kappa shape index (κ1) is 10.2. The molecular formula is C13H15ClN2O. The third-order valence-corrected chi connectivity index (χ3v) is 5.14. The monoisotopic (exact) mass is 250 g/mol. The average molecular weight is 251 g/mol. The second-order valence-electron chi connectivity index (χ2n) is 5.37. The highest BCUT2D eigenvalue weighted by atomic mass is 35.5. The first-order chi connectivity index (χ1) is 8.29. The summed E-state index contributed by atoms with van der Waals surface area (Å²) in [5, 5.41) is -0.0423. The van der Waals surface area contributed by atoms with Crippen LogP contribution in [0.5, 0.6) is 5.88 Å². The summed E-state index contributed by atoms with van der Waals surface area (Å²) in [4.78, 5) is 6.79. The number of piperidine rings is 3. The minimum atomic E-state index is -0.214. The lowest BCUT2D eigenvalue weighted by Gasteiger charge is -2.51. The standard InChI is InChI=1S/C13H15ClN2O/c14-11-10-2-1-5-15-12(10)17-13(11)8-16-6-3-9(13)4-7-16/h1-2,5,9,11H,3-4,6-8H2. The molecule has 3 fully saturated rings. The van der Waals surface area contributed by atoms with Crippen molar-refractivity contribution >= 4 is 11.6 Å². The number of ether oxygens (including phenoxy) is 1. The van der Waals surface area contributed by atoms with Gasteiger partial charge in [0.2, 0.25) is 5.88 Å². The number of pyridine rings is 1. The second-order valence-corrected chi connectivity index (χ2v) is 5.80. The summed E-state index contributed by atoms with van der Waals surface area (Å²) >= 11 is 6.68. The lowest BCUT2D eigenvalue weighted by Crippen LogP contribution is -2.62. The van der Waals surface area contributed by atoms with E-state index in [9.17, 15) is 0 Å². The maximum atomic E-state index is 6.68. The molecule has 5 rings (SSSR count). The van der Waals surface area contributed by atoms with Crippen molar-refractivity contribution < 1.29 is 4.74 Å². The minimum Gasteiger partial charge on any atom is -0.467 e. The Kier molecular flexibility index (Phi) is 2.01. The van der Waals surface area contributed by atoms with E-state index in [0.717, 1.165) is 18.0 Å². The largest absolute Gasteiger partial charge is 0.467 e. The number of alkyl halides is 1. The van der Waals surface area contributed by atoms with E-state index in [1.165, 1.54) is 25.9 Å². The lowest BCUT2D eigenvalue weighted by molar-refractivity contribution is -0.0842. The van der Waals surface area contributed by atoms with E-state index in [1.807, 2.05) is 12.1 Å². The molecule has 5 heterocycles. The van der Waals surface area contributed by atoms with Crippen molar-refractivity contribution in [2.24, 2.45) is 5.92 Å². The van der Waals surface area contributed by atoms with E-state index in [1.54, 1.807) is 6.20 Å². The zero-order valence-corrected chi connectivity index (χ0v) is 10.4. The average Bonchev–Trinajstić information content (AvgIpc) is 2.65. The number of rotatable bonds is 0. The van der Waals surface area contributed by atoms with Gasteiger partial charge in [0.05, 0.1) is 0 Å². The van der Waals surface area contributed by atoms with Crippen LogP contribution in [0.25, 0.3) is 0 Å². The SMILES string of the molecule is ClC1c2cccnc2OC12CN1CCC2CC1. The molecule has 17 heavy (non-hydrogen) atoms. The van der Waals surface area contributed by atoms with E-state index >= 15 is 0 Å². The van der Waals surface area contributed by atoms with E-state index in [4.69, 9.17) is 16.3 Å². The van der Waals surface area contributed by atoms with Crippen molar-refractivity contribution in [3.05, 3.63) is 23.9 Å². The molecule has 2 unspecified atom stereocenters. The van der Waals surface area contributed by atoms with Crippen molar-refractivity contribution in [1.29, 1.82) is 0 Å². The first-order valence-electron chi connectivity index (χ1n) is 6.30. The molecular weight excluding hydrogens is 236 g/mol. The molecule has 4 heteroatoms. The van der Waals surface area contributed by atoms with E-state index < -0.39 is 0 Å². The Morgan fingerprint density at radius 2 is 2.24 bits per heavy atom. The van der Waals surface area contributed by atoms with Gasteiger partial charge in [-0.2, -0.15) is 0 Å². The lowest BCUT2D eigenvalue weighted by atomic mass is 9.73. The van der Waals surface area contributed by atoms with Gasteiger partial charge in [0.25, 0.3) is 0 Å². The summed E-state index contributed by atoms with van der Waals surface area (Å²) in [5.74, 6) is 1.34. The van der Waals surface area contributed by atoms with Crippen molar-refractivity contribution in [1.82, 2.24) is 9.88 Å². The zero-order valence-electron chi connectivity index (χ0n) is 9.60. The maximum absolute atomic E-state index is 6.68. The minimum absolute atomic E-state index is 0.0423. The Balaban J connectivity index is 1.78. The van der Waals surface area contributed by atoms with Gasteiger partial charge in [-0.1, -0.05) is 6.07 Å². The van der Waals surface area contributed by atoms with Crippen LogP contribution in [-0.4, -0.2) is 35.1 Å². The number of hydrogen-bond donors (Lipinski definition) is 0. The number of halogens is 1. The summed E-state index contributed by atoms with van der Waals surface area (Å²) in [6, 6.07) is 3.99. The highest BCUT2D eigenvalue weighted by molar-refractivity contribution is 6.22. The highest BCUT2D eigenvalue weighted by Crippen LogP contribution is 2.54. The normalized spacial score (nSPS) is 42.5. The van der Waals surface area contributed by atoms with Crippen LogP contribution < -0.4 is 4.74 Å². The predicted octanol–water partition coefficient (Wildman–Crippen LogP) is 2.22. The molecule has 90 valence electrons. The third kappa shape index (κ3) is 1.24. The van der Waals surface area contributed by atoms with Gasteiger partial charge in [-0.25, -0.2) is 4.98 Å². The topological polar surface area (TPSA) is 25.4 Å². The molecule has 1 spiro atoms. The second kappa shape index (κ2) is 3.36. The van der Waals surface area contributed by atoms with Crippen LogP contribution in [-0.2, 0) is 0 Å². The Labute approximate surface area is 106 Å². The van der Waals surface area contributed by atoms with E-state index in [-0.39, 0.29) is 11.0 Å². The summed E-state index contributed by atoms with van der Waals surface area (Å²) in [5.41, 5.74) is 0.859. The fourth-order valence-electron chi connectivity index (χ4n) is 3.64. The third-order valence-electron chi connectivity index (χ3n) is 4.54. The zero-order chi connectivity index (χ0) is 11.5. The quantitative estimate of drug-likeness (QED) is 0.661. The Morgan fingerprint density at radius 1 is 1.41 bits per heavy atom. The van der Waals surface area contributed by atoms with Gasteiger partial charge in [-0.15, -0.1) is 11.6 Å². The molecule has 4 aliphatic heterocycles. The number of fused-ring (bicyclic) bond motifs is 3. The van der Waals surface area contributed by atoms with Gasteiger partial charge in [-0.3, -0.25) is 4.90 Å². The molecule has 2 atom stereocenters. The van der Waals surface area contributed by atoms with Crippen LogP contribution in [0.3, 0.4) is 0 Å². The van der Waals surface area contributed by atoms with Crippen molar-refractivity contribution in [3.8, 4) is 5.88 Å². The number of hydrogen-bond acceptors (Lipinski definition) is 3. The molecule has 0 saturated carbocycles. The fraction of sp³-hybridized carbons (Fsp3) is 0.615. The molecule has 4 aliphatic rings. The molecule has 1 aromatic rings. The first-order valence-corrected chi connectivity index (χ1v) is 6.73. The molecule has 0 aromatic carbocycles. The summed E-state index contributed by atoms with van der Waals surface area (Å²) in [7, 11) is 0. The van der Waals surface area contributed by atoms with Crippen molar-refractivity contribution in [2.45, 2.75) is 23.8 Å². The predicted molar refractivity (Wildman–Crippen MR) is 65.4 cm³/mol. The molecule has 3 saturated heterocycles. The van der Waals surface area contributed by atoms with Gasteiger partial charge in [0, 0.05) is 24.2 Å². The number of nitrogens with zero attached hydrogens (tertiary/aromatic N) is 2. The molecule has 3 nitrogen and oxygen atoms in total. The van der Waals surface area contributed by atoms with Gasteiger partial charge in [0.15, 0.2) is 0 Å². The summed E-state index contributed by atoms with van der Waals surface area (Å²) < 4.78 is 6.20. The van der Waals surface area contributed by atoms with Gasteiger partial charge in [0.1, 0.15) is 11.0 Å². The van der Waals surface area contributed by atoms with Gasteiger partial charge in [-0.05, 0) is 32.0 Å². The van der Waals surface area contributed by atoms with Crippen LogP contribution in [0.1, 0.15) is 23.8 Å². The molecule has 1 aromatic heterocycles. The smallest absolute Gasteiger partial charge is 0.218 e. The summed E-state index contributed by atoms with van der Waals surface area (Å²) in [6.45, 7) is 3.36. The maximum Gasteiger partial charge on any atom is 0.218 e. The van der Waals surface area contributed by atoms with Crippen LogP contribution >= 0.6 is 11.6 Å². The van der Waals surface area contributed by atoms with Crippen LogP contribution in [0.4, 0.5) is 0 Å². The van der Waals surface area contributed by atoms with Gasteiger partial charge >= 0.3 is 0 Å². The van der Waals surface area contributed by atoms with Gasteiger partial charge < -0.3 is 4.74 Å². The highest BCUT2D eigenvalue weighted by Gasteiger charge is 2.57.